The number of hydrogen-bond donors (Lipinski definition) is 0. The van der Waals surface area contributed by atoms with Crippen LogP contribution in [0.2, 0.25) is 0 Å². The van der Waals surface area contributed by atoms with Gasteiger partial charge in [0.25, 0.3) is 0 Å². The lowest BCUT2D eigenvalue weighted by Crippen LogP contribution is -2.04. The van der Waals surface area contributed by atoms with Gasteiger partial charge in [-0.05, 0) is 57.3 Å². The number of benzene rings is 7. The first-order chi connectivity index (χ1) is 22.8. The molecule has 3 aromatic heterocycles. The third-order valence-electron chi connectivity index (χ3n) is 9.71. The predicted molar refractivity (Wildman–Crippen MR) is 189 cm³/mol. The van der Waals surface area contributed by atoms with Crippen LogP contribution in [0.25, 0.3) is 105 Å². The molecule has 0 spiro atoms. The lowest BCUT2D eigenvalue weighted by atomic mass is 9.93. The standard InChI is InChI=1S/C42H23N3O/c1-2-10-25(11-3-1)41-42(44-32-22-31-26-14-4-5-21-36(26)46-37(31)23-33(32)43-41)45-34-19-8-17-29-27-15-6-12-24-13-7-16-28(38(24)27)30-18-9-20-35(45)40(30)39(29)34/h1-23H. The Hall–Kier alpha value is -6.26. The molecule has 0 radical (unpaired) electrons. The molecule has 0 atom stereocenters. The molecule has 0 saturated heterocycles. The molecule has 3 heterocycles. The predicted octanol–water partition coefficient (Wildman–Crippen LogP) is 11.1. The molecule has 4 heteroatoms. The third kappa shape index (κ3) is 3.07. The van der Waals surface area contributed by atoms with E-state index in [2.05, 4.69) is 114 Å². The molecule has 10 aromatic rings. The maximum atomic E-state index is 6.25. The van der Waals surface area contributed by atoms with Gasteiger partial charge in [-0.3, -0.25) is 4.57 Å². The number of furan rings is 1. The average Bonchev–Trinajstić information content (AvgIpc) is 3.61. The van der Waals surface area contributed by atoms with Crippen molar-refractivity contribution in [3.05, 3.63) is 140 Å². The fourth-order valence-electron chi connectivity index (χ4n) is 7.79. The molecule has 1 aliphatic carbocycles. The van der Waals surface area contributed by atoms with E-state index in [9.17, 15) is 0 Å². The molecule has 46 heavy (non-hydrogen) atoms. The minimum atomic E-state index is 0.804. The van der Waals surface area contributed by atoms with Gasteiger partial charge < -0.3 is 4.42 Å². The lowest BCUT2D eigenvalue weighted by Gasteiger charge is -2.15. The van der Waals surface area contributed by atoms with Crippen molar-refractivity contribution in [3.63, 3.8) is 0 Å². The summed E-state index contributed by atoms with van der Waals surface area (Å²) in [5.41, 5.74) is 12.4. The van der Waals surface area contributed by atoms with Crippen LogP contribution in [0.4, 0.5) is 0 Å². The highest BCUT2D eigenvalue weighted by atomic mass is 16.3. The van der Waals surface area contributed by atoms with Crippen LogP contribution >= 0.6 is 0 Å². The van der Waals surface area contributed by atoms with Gasteiger partial charge in [0.15, 0.2) is 5.82 Å². The highest BCUT2D eigenvalue weighted by Crippen LogP contribution is 2.49. The summed E-state index contributed by atoms with van der Waals surface area (Å²) in [5, 5.41) is 7.17. The molecule has 4 nitrogen and oxygen atoms in total. The van der Waals surface area contributed by atoms with Crippen molar-refractivity contribution in [2.24, 2.45) is 0 Å². The molecule has 0 unspecified atom stereocenters. The Labute approximate surface area is 262 Å². The van der Waals surface area contributed by atoms with Gasteiger partial charge in [-0.2, -0.15) is 0 Å². The Morgan fingerprint density at radius 1 is 0.457 bits per heavy atom. The zero-order chi connectivity index (χ0) is 29.9. The number of nitrogens with zero attached hydrogens (tertiary/aromatic N) is 3. The second-order valence-corrected chi connectivity index (χ2v) is 12.1. The molecule has 1 aliphatic rings. The molecule has 11 rings (SSSR count). The van der Waals surface area contributed by atoms with Crippen molar-refractivity contribution in [3.8, 4) is 39.3 Å². The van der Waals surface area contributed by atoms with E-state index in [-0.39, 0.29) is 0 Å². The van der Waals surface area contributed by atoms with Crippen molar-refractivity contribution in [2.75, 3.05) is 0 Å². The second kappa shape index (κ2) is 8.68. The Balaban J connectivity index is 1.31. The first-order valence-electron chi connectivity index (χ1n) is 15.6. The summed E-state index contributed by atoms with van der Waals surface area (Å²) in [6, 6.07) is 49.4. The summed E-state index contributed by atoms with van der Waals surface area (Å²) < 4.78 is 8.58. The van der Waals surface area contributed by atoms with E-state index in [0.717, 1.165) is 61.1 Å². The monoisotopic (exact) mass is 585 g/mol. The number of aromatic nitrogens is 3. The van der Waals surface area contributed by atoms with E-state index >= 15 is 0 Å². The van der Waals surface area contributed by atoms with Crippen molar-refractivity contribution < 1.29 is 4.42 Å². The zero-order valence-corrected chi connectivity index (χ0v) is 24.5. The summed E-state index contributed by atoms with van der Waals surface area (Å²) in [6.07, 6.45) is 0. The maximum Gasteiger partial charge on any atom is 0.165 e. The van der Waals surface area contributed by atoms with Crippen LogP contribution < -0.4 is 0 Å². The molecule has 0 bridgehead atoms. The van der Waals surface area contributed by atoms with Crippen molar-refractivity contribution in [1.82, 2.24) is 14.5 Å². The second-order valence-electron chi connectivity index (χ2n) is 12.1. The molecule has 0 fully saturated rings. The van der Waals surface area contributed by atoms with E-state index in [0.29, 0.717) is 0 Å². The van der Waals surface area contributed by atoms with Crippen LogP contribution in [-0.4, -0.2) is 14.5 Å². The number of rotatable bonds is 2. The van der Waals surface area contributed by atoms with Crippen molar-refractivity contribution in [2.45, 2.75) is 0 Å². The molecule has 0 N–H and O–H groups in total. The fraction of sp³-hybridized carbons (Fsp3) is 0. The summed E-state index contributed by atoms with van der Waals surface area (Å²) in [7, 11) is 0. The van der Waals surface area contributed by atoms with Gasteiger partial charge in [0, 0.05) is 33.2 Å². The third-order valence-corrected chi connectivity index (χ3v) is 9.71. The van der Waals surface area contributed by atoms with Crippen LogP contribution in [0, 0.1) is 0 Å². The normalized spacial score (nSPS) is 12.3. The molecule has 0 amide bonds. The van der Waals surface area contributed by atoms with E-state index in [1.165, 1.54) is 43.8 Å². The van der Waals surface area contributed by atoms with Crippen LogP contribution in [-0.2, 0) is 0 Å². The molecular formula is C42H23N3O. The molecule has 212 valence electrons. The Morgan fingerprint density at radius 3 is 1.78 bits per heavy atom. The molecule has 7 aromatic carbocycles. The minimum absolute atomic E-state index is 0.804. The van der Waals surface area contributed by atoms with Crippen LogP contribution in [0.1, 0.15) is 0 Å². The first-order valence-corrected chi connectivity index (χ1v) is 15.6. The highest BCUT2D eigenvalue weighted by Gasteiger charge is 2.26. The summed E-state index contributed by atoms with van der Waals surface area (Å²) in [6.45, 7) is 0. The maximum absolute atomic E-state index is 6.25. The van der Waals surface area contributed by atoms with Gasteiger partial charge in [0.2, 0.25) is 0 Å². The van der Waals surface area contributed by atoms with E-state index in [1.54, 1.807) is 0 Å². The average molecular weight is 586 g/mol. The van der Waals surface area contributed by atoms with Gasteiger partial charge in [0.05, 0.1) is 22.1 Å². The van der Waals surface area contributed by atoms with Gasteiger partial charge in [-0.25, -0.2) is 9.97 Å². The van der Waals surface area contributed by atoms with Gasteiger partial charge in [-0.1, -0.05) is 109 Å². The highest BCUT2D eigenvalue weighted by molar-refractivity contribution is 6.27. The summed E-state index contributed by atoms with van der Waals surface area (Å²) in [5.74, 6) is 0.812. The lowest BCUT2D eigenvalue weighted by molar-refractivity contribution is 0.669. The quantitative estimate of drug-likeness (QED) is 0.203. The molecular weight excluding hydrogens is 562 g/mol. The summed E-state index contributed by atoms with van der Waals surface area (Å²) in [4.78, 5) is 10.8. The Bertz CT molecular complexity index is 2820. The summed E-state index contributed by atoms with van der Waals surface area (Å²) >= 11 is 0. The van der Waals surface area contributed by atoms with Crippen LogP contribution in [0.3, 0.4) is 0 Å². The van der Waals surface area contributed by atoms with Gasteiger partial charge >= 0.3 is 0 Å². The number of hydrogen-bond acceptors (Lipinski definition) is 3. The Morgan fingerprint density at radius 2 is 1.07 bits per heavy atom. The van der Waals surface area contributed by atoms with Gasteiger partial charge in [0.1, 0.15) is 16.9 Å². The van der Waals surface area contributed by atoms with E-state index in [4.69, 9.17) is 14.4 Å². The molecule has 0 aliphatic heterocycles. The molecule has 0 saturated carbocycles. The van der Waals surface area contributed by atoms with Crippen molar-refractivity contribution >= 4 is 65.6 Å². The minimum Gasteiger partial charge on any atom is -0.456 e. The van der Waals surface area contributed by atoms with Crippen molar-refractivity contribution in [1.29, 1.82) is 0 Å². The Kier molecular flexibility index (Phi) is 4.55. The zero-order valence-electron chi connectivity index (χ0n) is 24.5. The van der Waals surface area contributed by atoms with Crippen LogP contribution in [0.5, 0.6) is 0 Å². The fourth-order valence-corrected chi connectivity index (χ4v) is 7.79. The largest absolute Gasteiger partial charge is 0.456 e. The first kappa shape index (κ1) is 24.1. The van der Waals surface area contributed by atoms with Gasteiger partial charge in [-0.15, -0.1) is 0 Å². The van der Waals surface area contributed by atoms with E-state index < -0.39 is 0 Å². The van der Waals surface area contributed by atoms with E-state index in [1.807, 2.05) is 30.3 Å². The SMILES string of the molecule is c1ccc(-c2nc3cc4oc5ccccc5c4cc3nc2-n2c3cccc4c3c3c(cccc32)-c2cccc3cccc-4c23)cc1. The van der Waals surface area contributed by atoms with Crippen LogP contribution in [0.15, 0.2) is 144 Å². The number of fused-ring (bicyclic) bond motifs is 6. The number of para-hydroxylation sites is 1. The topological polar surface area (TPSA) is 43.9 Å². The smallest absolute Gasteiger partial charge is 0.165 e.